The molecular formula is C25H29N5O5. The topological polar surface area (TPSA) is 118 Å². The molecule has 0 unspecified atom stereocenters. The lowest BCUT2D eigenvalue weighted by Crippen LogP contribution is -2.33. The van der Waals surface area contributed by atoms with Gasteiger partial charge in [0.1, 0.15) is 18.5 Å². The second-order valence-corrected chi connectivity index (χ2v) is 8.09. The van der Waals surface area contributed by atoms with Crippen LogP contribution in [0.1, 0.15) is 18.1 Å². The van der Waals surface area contributed by atoms with Crippen LogP contribution < -0.4 is 21.1 Å². The van der Waals surface area contributed by atoms with Crippen molar-refractivity contribution in [3.8, 4) is 0 Å². The van der Waals surface area contributed by atoms with E-state index in [0.717, 1.165) is 11.1 Å². The minimum Gasteiger partial charge on any atom is -0.374 e. The number of ether oxygens (including phenoxy) is 3. The summed E-state index contributed by atoms with van der Waals surface area (Å²) in [5.41, 5.74) is 2.11. The van der Waals surface area contributed by atoms with Crippen molar-refractivity contribution in [2.45, 2.75) is 26.2 Å². The first kappa shape index (κ1) is 24.4. The number of nitrogens with one attached hydrogen (secondary N) is 3. The minimum absolute atomic E-state index is 0.0869. The summed E-state index contributed by atoms with van der Waals surface area (Å²) in [6.07, 6.45) is -0.344. The van der Waals surface area contributed by atoms with Gasteiger partial charge in [-0.15, -0.1) is 0 Å². The van der Waals surface area contributed by atoms with Gasteiger partial charge in [0.25, 0.3) is 5.56 Å². The standard InChI is InChI=1S/C25H29N5O5/c1-18(31)27-25-28-23-22(24(32)29-25)26-16-30(23)17-35-21(14-33-12-19-8-4-2-5-9-19)15-34-13-20-10-6-3-7-11-20/h2-11,21,26H,12-17H2,1H3,(H2,27,28,29,31,32). The molecule has 1 aliphatic heterocycles. The summed E-state index contributed by atoms with van der Waals surface area (Å²) >= 11 is 0. The van der Waals surface area contributed by atoms with Gasteiger partial charge in [0.2, 0.25) is 11.9 Å². The molecule has 0 saturated heterocycles. The van der Waals surface area contributed by atoms with Crippen LogP contribution in [0.15, 0.2) is 65.5 Å². The Bertz CT molecular complexity index is 1110. The number of carbonyl (C=O) groups is 1. The molecule has 0 aliphatic carbocycles. The van der Waals surface area contributed by atoms with E-state index in [2.05, 4.69) is 20.6 Å². The summed E-state index contributed by atoms with van der Waals surface area (Å²) in [7, 11) is 0. The fourth-order valence-electron chi connectivity index (χ4n) is 3.54. The zero-order chi connectivity index (χ0) is 24.5. The van der Waals surface area contributed by atoms with E-state index in [1.165, 1.54) is 6.92 Å². The summed E-state index contributed by atoms with van der Waals surface area (Å²) in [5.74, 6) is 0.170. The maximum absolute atomic E-state index is 12.3. The molecule has 0 bridgehead atoms. The molecule has 0 spiro atoms. The molecule has 35 heavy (non-hydrogen) atoms. The number of nitrogens with zero attached hydrogens (tertiary/aromatic N) is 2. The first-order chi connectivity index (χ1) is 17.1. The van der Waals surface area contributed by atoms with Crippen LogP contribution in [0, 0.1) is 0 Å². The monoisotopic (exact) mass is 479 g/mol. The Morgan fingerprint density at radius 3 is 2.20 bits per heavy atom. The lowest BCUT2D eigenvalue weighted by atomic mass is 10.2. The van der Waals surface area contributed by atoms with Crippen LogP contribution in [0.2, 0.25) is 0 Å². The Balaban J connectivity index is 1.36. The van der Waals surface area contributed by atoms with Gasteiger partial charge in [0.15, 0.2) is 5.82 Å². The highest BCUT2D eigenvalue weighted by molar-refractivity contribution is 5.87. The smallest absolute Gasteiger partial charge is 0.277 e. The largest absolute Gasteiger partial charge is 0.374 e. The third-order valence-corrected chi connectivity index (χ3v) is 5.24. The predicted molar refractivity (Wildman–Crippen MR) is 132 cm³/mol. The normalized spacial score (nSPS) is 12.5. The molecule has 0 atom stereocenters. The van der Waals surface area contributed by atoms with E-state index in [1.807, 2.05) is 60.7 Å². The van der Waals surface area contributed by atoms with Crippen LogP contribution in [0.25, 0.3) is 0 Å². The van der Waals surface area contributed by atoms with Gasteiger partial charge in [-0.1, -0.05) is 60.7 Å². The molecule has 1 aliphatic rings. The first-order valence-electron chi connectivity index (χ1n) is 11.3. The Labute approximate surface area is 203 Å². The Morgan fingerprint density at radius 2 is 1.63 bits per heavy atom. The number of fused-ring (bicyclic) bond motifs is 1. The van der Waals surface area contributed by atoms with Crippen LogP contribution in [0.3, 0.4) is 0 Å². The van der Waals surface area contributed by atoms with Gasteiger partial charge >= 0.3 is 0 Å². The molecule has 2 aromatic carbocycles. The van der Waals surface area contributed by atoms with E-state index < -0.39 is 0 Å². The summed E-state index contributed by atoms with van der Waals surface area (Å²) < 4.78 is 17.9. The lowest BCUT2D eigenvalue weighted by Gasteiger charge is -2.23. The zero-order valence-corrected chi connectivity index (χ0v) is 19.5. The Hall–Kier alpha value is -3.73. The number of aromatic amines is 1. The van der Waals surface area contributed by atoms with Gasteiger partial charge in [-0.2, -0.15) is 4.98 Å². The molecular weight excluding hydrogens is 450 g/mol. The molecule has 2 heterocycles. The second-order valence-electron chi connectivity index (χ2n) is 8.09. The quantitative estimate of drug-likeness (QED) is 0.363. The van der Waals surface area contributed by atoms with Crippen molar-refractivity contribution in [1.29, 1.82) is 0 Å². The highest BCUT2D eigenvalue weighted by Crippen LogP contribution is 2.26. The molecule has 1 aromatic heterocycles. The Kier molecular flexibility index (Phi) is 8.44. The molecule has 10 nitrogen and oxygen atoms in total. The number of aromatic nitrogens is 2. The van der Waals surface area contributed by atoms with E-state index in [9.17, 15) is 9.59 Å². The number of H-pyrrole nitrogens is 1. The van der Waals surface area contributed by atoms with Crippen molar-refractivity contribution < 1.29 is 19.0 Å². The van der Waals surface area contributed by atoms with Gasteiger partial charge in [0.05, 0.1) is 33.1 Å². The van der Waals surface area contributed by atoms with Gasteiger partial charge in [0, 0.05) is 6.92 Å². The fourth-order valence-corrected chi connectivity index (χ4v) is 3.54. The minimum atomic E-state index is -0.366. The van der Waals surface area contributed by atoms with E-state index in [4.69, 9.17) is 14.2 Å². The summed E-state index contributed by atoms with van der Waals surface area (Å²) in [6, 6.07) is 19.8. The average Bonchev–Trinajstić information content (AvgIpc) is 3.26. The van der Waals surface area contributed by atoms with E-state index in [0.29, 0.717) is 44.6 Å². The number of anilines is 3. The number of carbonyl (C=O) groups excluding carboxylic acids is 1. The zero-order valence-electron chi connectivity index (χ0n) is 19.5. The van der Waals surface area contributed by atoms with E-state index in [-0.39, 0.29) is 30.2 Å². The molecule has 0 fully saturated rings. The average molecular weight is 480 g/mol. The van der Waals surface area contributed by atoms with E-state index >= 15 is 0 Å². The molecule has 3 aromatic rings. The van der Waals surface area contributed by atoms with Crippen LogP contribution in [0.4, 0.5) is 17.5 Å². The molecule has 1 amide bonds. The molecule has 3 N–H and O–H groups in total. The maximum atomic E-state index is 12.3. The van der Waals surface area contributed by atoms with Crippen molar-refractivity contribution >= 4 is 23.4 Å². The van der Waals surface area contributed by atoms with Crippen LogP contribution in [-0.4, -0.2) is 48.6 Å². The van der Waals surface area contributed by atoms with Crippen LogP contribution in [0.5, 0.6) is 0 Å². The molecule has 4 rings (SSSR count). The van der Waals surface area contributed by atoms with Crippen molar-refractivity contribution in [2.75, 3.05) is 42.1 Å². The van der Waals surface area contributed by atoms with Crippen molar-refractivity contribution in [2.24, 2.45) is 0 Å². The predicted octanol–water partition coefficient (Wildman–Crippen LogP) is 2.69. The van der Waals surface area contributed by atoms with Crippen molar-refractivity contribution in [3.05, 3.63) is 82.1 Å². The number of hydrogen-bond donors (Lipinski definition) is 3. The SMILES string of the molecule is CC(=O)Nc1nc2c(c(=O)[nH]1)NCN2COC(COCc1ccccc1)COCc1ccccc1. The number of amides is 1. The summed E-state index contributed by atoms with van der Waals surface area (Å²) in [6.45, 7) is 3.44. The number of rotatable bonds is 12. The van der Waals surface area contributed by atoms with E-state index in [1.54, 1.807) is 4.90 Å². The number of hydrogen-bond acceptors (Lipinski definition) is 8. The second kappa shape index (κ2) is 12.1. The molecule has 0 radical (unpaired) electrons. The Morgan fingerprint density at radius 1 is 1.03 bits per heavy atom. The highest BCUT2D eigenvalue weighted by Gasteiger charge is 2.25. The van der Waals surface area contributed by atoms with Crippen LogP contribution in [-0.2, 0) is 32.2 Å². The van der Waals surface area contributed by atoms with Gasteiger partial charge in [-0.25, -0.2) is 0 Å². The third kappa shape index (κ3) is 7.12. The lowest BCUT2D eigenvalue weighted by molar-refractivity contribution is -0.114. The van der Waals surface area contributed by atoms with Crippen LogP contribution >= 0.6 is 0 Å². The van der Waals surface area contributed by atoms with Gasteiger partial charge in [-0.05, 0) is 11.1 Å². The van der Waals surface area contributed by atoms with Crippen molar-refractivity contribution in [3.63, 3.8) is 0 Å². The summed E-state index contributed by atoms with van der Waals surface area (Å²) in [4.78, 5) is 32.4. The molecule has 10 heteroatoms. The summed E-state index contributed by atoms with van der Waals surface area (Å²) in [5, 5.41) is 5.52. The van der Waals surface area contributed by atoms with Gasteiger partial charge < -0.3 is 24.4 Å². The molecule has 184 valence electrons. The fraction of sp³-hybridized carbons (Fsp3) is 0.320. The van der Waals surface area contributed by atoms with Gasteiger partial charge in [-0.3, -0.25) is 19.9 Å². The third-order valence-electron chi connectivity index (χ3n) is 5.24. The maximum Gasteiger partial charge on any atom is 0.277 e. The number of benzene rings is 2. The molecule has 0 saturated carbocycles. The van der Waals surface area contributed by atoms with Crippen molar-refractivity contribution in [1.82, 2.24) is 9.97 Å². The first-order valence-corrected chi connectivity index (χ1v) is 11.3. The highest BCUT2D eigenvalue weighted by atomic mass is 16.6.